The van der Waals surface area contributed by atoms with E-state index in [4.69, 9.17) is 5.41 Å². The highest BCUT2D eigenvalue weighted by atomic mass is 15.1. The molecule has 2 saturated carbocycles. The van der Waals surface area contributed by atoms with Crippen molar-refractivity contribution in [2.24, 2.45) is 11.8 Å². The summed E-state index contributed by atoms with van der Waals surface area (Å²) in [5.74, 6) is 2.36. The second-order valence-corrected chi connectivity index (χ2v) is 5.75. The Kier molecular flexibility index (Phi) is 4.25. The Morgan fingerprint density at radius 3 is 2.19 bits per heavy atom. The standard InChI is InChI=1S/C14H26N2/c1-16(11-12-7-5-6-8-12)14(15)13-9-3-2-4-10-13/h12-13,15H,2-11H2,1H3. The molecule has 0 spiro atoms. The fourth-order valence-corrected chi connectivity index (χ4v) is 3.37. The first-order chi connectivity index (χ1) is 7.77. The fourth-order valence-electron chi connectivity index (χ4n) is 3.37. The first-order valence-corrected chi connectivity index (χ1v) is 7.07. The van der Waals surface area contributed by atoms with Gasteiger partial charge in [0.25, 0.3) is 0 Å². The van der Waals surface area contributed by atoms with Gasteiger partial charge < -0.3 is 4.90 Å². The molecule has 0 aliphatic heterocycles. The Morgan fingerprint density at radius 1 is 1.00 bits per heavy atom. The van der Waals surface area contributed by atoms with Crippen LogP contribution in [0.15, 0.2) is 0 Å². The van der Waals surface area contributed by atoms with Crippen LogP contribution in [0.5, 0.6) is 0 Å². The topological polar surface area (TPSA) is 27.1 Å². The minimum atomic E-state index is 0.570. The zero-order valence-electron chi connectivity index (χ0n) is 10.7. The molecule has 0 aromatic rings. The van der Waals surface area contributed by atoms with Crippen LogP contribution in [0, 0.1) is 17.2 Å². The first kappa shape index (κ1) is 11.9. The highest BCUT2D eigenvalue weighted by Gasteiger charge is 2.23. The van der Waals surface area contributed by atoms with Crippen molar-refractivity contribution in [2.45, 2.75) is 57.8 Å². The van der Waals surface area contributed by atoms with Gasteiger partial charge in [-0.3, -0.25) is 5.41 Å². The highest BCUT2D eigenvalue weighted by molar-refractivity contribution is 5.81. The van der Waals surface area contributed by atoms with Crippen LogP contribution in [0.2, 0.25) is 0 Å². The Morgan fingerprint density at radius 2 is 1.56 bits per heavy atom. The third-order valence-electron chi connectivity index (χ3n) is 4.41. The lowest BCUT2D eigenvalue weighted by Crippen LogP contribution is -2.36. The number of nitrogens with zero attached hydrogens (tertiary/aromatic N) is 1. The van der Waals surface area contributed by atoms with E-state index in [1.807, 2.05) is 0 Å². The number of hydrogen-bond donors (Lipinski definition) is 1. The molecule has 2 aliphatic rings. The second kappa shape index (κ2) is 5.70. The van der Waals surface area contributed by atoms with Gasteiger partial charge in [-0.05, 0) is 31.6 Å². The van der Waals surface area contributed by atoms with Gasteiger partial charge in [-0.15, -0.1) is 0 Å². The molecule has 2 aliphatic carbocycles. The van der Waals surface area contributed by atoms with Gasteiger partial charge in [-0.1, -0.05) is 32.1 Å². The zero-order chi connectivity index (χ0) is 11.4. The lowest BCUT2D eigenvalue weighted by atomic mass is 9.88. The maximum atomic E-state index is 8.28. The molecule has 92 valence electrons. The molecule has 0 aromatic heterocycles. The van der Waals surface area contributed by atoms with Crippen LogP contribution in [0.4, 0.5) is 0 Å². The van der Waals surface area contributed by atoms with Crippen molar-refractivity contribution in [1.82, 2.24) is 4.90 Å². The molecule has 0 atom stereocenters. The number of nitrogens with one attached hydrogen (secondary N) is 1. The molecule has 0 amide bonds. The van der Waals surface area contributed by atoms with Crippen molar-refractivity contribution in [2.75, 3.05) is 13.6 Å². The van der Waals surface area contributed by atoms with E-state index >= 15 is 0 Å². The van der Waals surface area contributed by atoms with Crippen molar-refractivity contribution < 1.29 is 0 Å². The Labute approximate surface area is 99.9 Å². The monoisotopic (exact) mass is 222 g/mol. The minimum Gasteiger partial charge on any atom is -0.363 e. The molecule has 2 nitrogen and oxygen atoms in total. The van der Waals surface area contributed by atoms with Gasteiger partial charge in [0, 0.05) is 19.5 Å². The van der Waals surface area contributed by atoms with Crippen molar-refractivity contribution in [3.05, 3.63) is 0 Å². The van der Waals surface area contributed by atoms with E-state index in [-0.39, 0.29) is 0 Å². The van der Waals surface area contributed by atoms with E-state index in [0.29, 0.717) is 5.92 Å². The summed E-state index contributed by atoms with van der Waals surface area (Å²) in [5.41, 5.74) is 0. The van der Waals surface area contributed by atoms with Gasteiger partial charge in [0.05, 0.1) is 5.84 Å². The lowest BCUT2D eigenvalue weighted by Gasteiger charge is -2.30. The van der Waals surface area contributed by atoms with E-state index in [1.54, 1.807) is 0 Å². The van der Waals surface area contributed by atoms with Crippen LogP contribution in [0.25, 0.3) is 0 Å². The summed E-state index contributed by atoms with van der Waals surface area (Å²) >= 11 is 0. The maximum absolute atomic E-state index is 8.28. The van der Waals surface area contributed by atoms with Crippen LogP contribution >= 0.6 is 0 Å². The molecule has 2 heteroatoms. The van der Waals surface area contributed by atoms with Gasteiger partial charge in [-0.25, -0.2) is 0 Å². The van der Waals surface area contributed by atoms with Crippen molar-refractivity contribution in [3.63, 3.8) is 0 Å². The van der Waals surface area contributed by atoms with Gasteiger partial charge in [0.2, 0.25) is 0 Å². The molecule has 0 aromatic carbocycles. The summed E-state index contributed by atoms with van der Waals surface area (Å²) in [6, 6.07) is 0. The average Bonchev–Trinajstić information content (AvgIpc) is 2.82. The summed E-state index contributed by atoms with van der Waals surface area (Å²) < 4.78 is 0. The fraction of sp³-hybridized carbons (Fsp3) is 0.929. The average molecular weight is 222 g/mol. The van der Waals surface area contributed by atoms with E-state index in [2.05, 4.69) is 11.9 Å². The van der Waals surface area contributed by atoms with Crippen LogP contribution in [-0.2, 0) is 0 Å². The normalized spacial score (nSPS) is 23.6. The van der Waals surface area contributed by atoms with Crippen LogP contribution < -0.4 is 0 Å². The summed E-state index contributed by atoms with van der Waals surface area (Å²) in [5, 5.41) is 8.28. The van der Waals surface area contributed by atoms with E-state index in [9.17, 15) is 0 Å². The number of hydrogen-bond acceptors (Lipinski definition) is 1. The van der Waals surface area contributed by atoms with E-state index in [0.717, 1.165) is 18.3 Å². The predicted molar refractivity (Wildman–Crippen MR) is 68.9 cm³/mol. The van der Waals surface area contributed by atoms with Gasteiger partial charge in [0.15, 0.2) is 0 Å². The van der Waals surface area contributed by atoms with Gasteiger partial charge in [0.1, 0.15) is 0 Å². The maximum Gasteiger partial charge on any atom is 0.0986 e. The molecule has 0 radical (unpaired) electrons. The quantitative estimate of drug-likeness (QED) is 0.572. The minimum absolute atomic E-state index is 0.570. The molecule has 16 heavy (non-hydrogen) atoms. The summed E-state index contributed by atoms with van der Waals surface area (Å²) in [7, 11) is 2.13. The molecular formula is C14H26N2. The largest absolute Gasteiger partial charge is 0.363 e. The third kappa shape index (κ3) is 2.99. The Bertz CT molecular complexity index is 225. The molecular weight excluding hydrogens is 196 g/mol. The van der Waals surface area contributed by atoms with E-state index < -0.39 is 0 Å². The summed E-state index contributed by atoms with van der Waals surface area (Å²) in [4.78, 5) is 2.24. The van der Waals surface area contributed by atoms with Crippen molar-refractivity contribution in [3.8, 4) is 0 Å². The van der Waals surface area contributed by atoms with Crippen LogP contribution in [0.1, 0.15) is 57.8 Å². The molecule has 1 N–H and O–H groups in total. The van der Waals surface area contributed by atoms with Crippen molar-refractivity contribution in [1.29, 1.82) is 5.41 Å². The molecule has 0 unspecified atom stereocenters. The van der Waals surface area contributed by atoms with Gasteiger partial charge in [-0.2, -0.15) is 0 Å². The summed E-state index contributed by atoms with van der Waals surface area (Å²) in [6.45, 7) is 1.13. The molecule has 0 saturated heterocycles. The Hall–Kier alpha value is -0.530. The molecule has 2 rings (SSSR count). The number of amidine groups is 1. The van der Waals surface area contributed by atoms with Crippen LogP contribution in [-0.4, -0.2) is 24.3 Å². The van der Waals surface area contributed by atoms with Crippen molar-refractivity contribution >= 4 is 5.84 Å². The van der Waals surface area contributed by atoms with Crippen LogP contribution in [0.3, 0.4) is 0 Å². The molecule has 0 bridgehead atoms. The number of rotatable bonds is 3. The van der Waals surface area contributed by atoms with E-state index in [1.165, 1.54) is 57.8 Å². The van der Waals surface area contributed by atoms with Gasteiger partial charge >= 0.3 is 0 Å². The third-order valence-corrected chi connectivity index (χ3v) is 4.41. The highest BCUT2D eigenvalue weighted by Crippen LogP contribution is 2.28. The Balaban J connectivity index is 1.78. The second-order valence-electron chi connectivity index (χ2n) is 5.75. The lowest BCUT2D eigenvalue weighted by molar-refractivity contribution is 0.344. The first-order valence-electron chi connectivity index (χ1n) is 7.07. The SMILES string of the molecule is CN(CC1CCCC1)C(=N)C1CCCCC1. The summed E-state index contributed by atoms with van der Waals surface area (Å²) in [6.07, 6.45) is 12.2. The molecule has 2 fully saturated rings. The molecule has 0 heterocycles. The predicted octanol–water partition coefficient (Wildman–Crippen LogP) is 3.67. The smallest absolute Gasteiger partial charge is 0.0986 e. The zero-order valence-corrected chi connectivity index (χ0v) is 10.7.